The number of phenolic OH excluding ortho intramolecular Hbond substituents is 1. The predicted molar refractivity (Wildman–Crippen MR) is 84.0 cm³/mol. The first-order valence-electron chi connectivity index (χ1n) is 6.56. The molecule has 2 rings (SSSR count). The Hall–Kier alpha value is -1.59. The number of rotatable bonds is 5. The second-order valence-electron chi connectivity index (χ2n) is 4.74. The summed E-state index contributed by atoms with van der Waals surface area (Å²) < 4.78 is 19.3. The minimum absolute atomic E-state index is 0.117. The summed E-state index contributed by atoms with van der Waals surface area (Å²) in [5.41, 5.74) is 1.51. The van der Waals surface area contributed by atoms with E-state index in [2.05, 4.69) is 21.2 Å². The quantitative estimate of drug-likeness (QED) is 0.848. The molecular formula is C16H17BrFNO2. The van der Waals surface area contributed by atoms with Gasteiger partial charge in [-0.3, -0.25) is 0 Å². The monoisotopic (exact) mass is 353 g/mol. The van der Waals surface area contributed by atoms with Gasteiger partial charge in [0.15, 0.2) is 0 Å². The highest BCUT2D eigenvalue weighted by Crippen LogP contribution is 2.29. The van der Waals surface area contributed by atoms with Gasteiger partial charge in [-0.15, -0.1) is 0 Å². The Bertz CT molecular complexity index is 634. The number of methoxy groups -OCH3 is 1. The molecule has 1 atom stereocenters. The number of para-hydroxylation sites is 1. The largest absolute Gasteiger partial charge is 0.506 e. The molecule has 0 spiro atoms. The van der Waals surface area contributed by atoms with Crippen molar-refractivity contribution in [3.63, 3.8) is 0 Å². The number of benzene rings is 2. The van der Waals surface area contributed by atoms with Crippen molar-refractivity contribution in [3.05, 3.63) is 57.8 Å². The minimum atomic E-state index is -0.301. The third-order valence-electron chi connectivity index (χ3n) is 3.33. The van der Waals surface area contributed by atoms with Gasteiger partial charge in [0.25, 0.3) is 0 Å². The molecule has 0 bridgehead atoms. The molecule has 0 amide bonds. The van der Waals surface area contributed by atoms with E-state index in [1.165, 1.54) is 12.1 Å². The fraction of sp³-hybridized carbons (Fsp3) is 0.250. The van der Waals surface area contributed by atoms with Crippen LogP contribution in [0, 0.1) is 5.82 Å². The molecule has 0 saturated heterocycles. The van der Waals surface area contributed by atoms with Gasteiger partial charge in [0.2, 0.25) is 0 Å². The summed E-state index contributed by atoms with van der Waals surface area (Å²) in [7, 11) is 1.56. The summed E-state index contributed by atoms with van der Waals surface area (Å²) in [5, 5.41) is 13.2. The number of hydrogen-bond donors (Lipinski definition) is 2. The van der Waals surface area contributed by atoms with E-state index in [1.54, 1.807) is 19.2 Å². The normalized spacial score (nSPS) is 12.2. The van der Waals surface area contributed by atoms with E-state index in [-0.39, 0.29) is 17.6 Å². The average Bonchev–Trinajstić information content (AvgIpc) is 2.48. The first kappa shape index (κ1) is 15.8. The lowest BCUT2D eigenvalue weighted by Crippen LogP contribution is -2.19. The lowest BCUT2D eigenvalue weighted by atomic mass is 10.1. The van der Waals surface area contributed by atoms with E-state index < -0.39 is 0 Å². The number of hydrogen-bond acceptors (Lipinski definition) is 3. The highest BCUT2D eigenvalue weighted by Gasteiger charge is 2.13. The molecular weight excluding hydrogens is 337 g/mol. The van der Waals surface area contributed by atoms with E-state index in [9.17, 15) is 9.50 Å². The summed E-state index contributed by atoms with van der Waals surface area (Å²) in [6, 6.07) is 9.79. The average molecular weight is 354 g/mol. The van der Waals surface area contributed by atoms with Crippen LogP contribution in [0.1, 0.15) is 24.1 Å². The van der Waals surface area contributed by atoms with Crippen LogP contribution in [0.25, 0.3) is 0 Å². The van der Waals surface area contributed by atoms with Crippen molar-refractivity contribution in [1.82, 2.24) is 5.32 Å². The Morgan fingerprint density at radius 3 is 2.81 bits per heavy atom. The van der Waals surface area contributed by atoms with Crippen molar-refractivity contribution in [2.45, 2.75) is 19.5 Å². The Kier molecular flexibility index (Phi) is 5.20. The van der Waals surface area contributed by atoms with Gasteiger partial charge in [0, 0.05) is 23.7 Å². The summed E-state index contributed by atoms with van der Waals surface area (Å²) >= 11 is 3.28. The molecule has 5 heteroatoms. The Morgan fingerprint density at radius 2 is 2.10 bits per heavy atom. The van der Waals surface area contributed by atoms with Crippen molar-refractivity contribution >= 4 is 15.9 Å². The van der Waals surface area contributed by atoms with Crippen LogP contribution in [0.5, 0.6) is 11.5 Å². The van der Waals surface area contributed by atoms with Gasteiger partial charge in [0.05, 0.1) is 11.6 Å². The van der Waals surface area contributed by atoms with E-state index in [4.69, 9.17) is 4.74 Å². The predicted octanol–water partition coefficient (Wildman–Crippen LogP) is 4.15. The van der Waals surface area contributed by atoms with Crippen molar-refractivity contribution in [2.75, 3.05) is 7.11 Å². The smallest absolute Gasteiger partial charge is 0.134 e. The zero-order chi connectivity index (χ0) is 15.4. The van der Waals surface area contributed by atoms with E-state index >= 15 is 0 Å². The van der Waals surface area contributed by atoms with Crippen LogP contribution in [0.2, 0.25) is 0 Å². The highest BCUT2D eigenvalue weighted by molar-refractivity contribution is 9.10. The van der Waals surface area contributed by atoms with Crippen LogP contribution >= 0.6 is 15.9 Å². The SMILES string of the molecule is COc1ccc(F)cc1C(C)NCc1cccc(Br)c1O. The second-order valence-corrected chi connectivity index (χ2v) is 5.59. The zero-order valence-corrected chi connectivity index (χ0v) is 13.4. The van der Waals surface area contributed by atoms with Gasteiger partial charge < -0.3 is 15.2 Å². The topological polar surface area (TPSA) is 41.5 Å². The van der Waals surface area contributed by atoms with E-state index in [0.717, 1.165) is 11.1 Å². The third kappa shape index (κ3) is 3.74. The minimum Gasteiger partial charge on any atom is -0.506 e. The molecule has 0 heterocycles. The fourth-order valence-corrected chi connectivity index (χ4v) is 2.53. The Morgan fingerprint density at radius 1 is 1.33 bits per heavy atom. The number of ether oxygens (including phenoxy) is 1. The molecule has 0 fully saturated rings. The Balaban J connectivity index is 2.13. The third-order valence-corrected chi connectivity index (χ3v) is 3.97. The van der Waals surface area contributed by atoms with Gasteiger partial charge >= 0.3 is 0 Å². The van der Waals surface area contributed by atoms with Crippen LogP contribution in [0.15, 0.2) is 40.9 Å². The molecule has 2 N–H and O–H groups in total. The van der Waals surface area contributed by atoms with Gasteiger partial charge in [0.1, 0.15) is 17.3 Å². The first-order valence-corrected chi connectivity index (χ1v) is 7.35. The van der Waals surface area contributed by atoms with Gasteiger partial charge in [-0.05, 0) is 47.1 Å². The number of phenols is 1. The molecule has 0 saturated carbocycles. The van der Waals surface area contributed by atoms with Crippen LogP contribution in [0.4, 0.5) is 4.39 Å². The molecule has 0 aromatic heterocycles. The maximum Gasteiger partial charge on any atom is 0.134 e. The van der Waals surface area contributed by atoms with Gasteiger partial charge in [-0.2, -0.15) is 0 Å². The molecule has 0 aliphatic heterocycles. The summed E-state index contributed by atoms with van der Waals surface area (Å²) in [6.07, 6.45) is 0. The summed E-state index contributed by atoms with van der Waals surface area (Å²) in [6.45, 7) is 2.39. The molecule has 2 aromatic carbocycles. The van der Waals surface area contributed by atoms with E-state index in [0.29, 0.717) is 16.8 Å². The first-order chi connectivity index (χ1) is 10.0. The molecule has 3 nitrogen and oxygen atoms in total. The highest BCUT2D eigenvalue weighted by atomic mass is 79.9. The fourth-order valence-electron chi connectivity index (χ4n) is 2.12. The molecule has 112 valence electrons. The summed E-state index contributed by atoms with van der Waals surface area (Å²) in [5.74, 6) is 0.544. The van der Waals surface area contributed by atoms with Crippen LogP contribution in [-0.2, 0) is 6.54 Å². The lowest BCUT2D eigenvalue weighted by Gasteiger charge is -2.18. The molecule has 1 unspecified atom stereocenters. The zero-order valence-electron chi connectivity index (χ0n) is 11.9. The maximum absolute atomic E-state index is 13.4. The van der Waals surface area contributed by atoms with Crippen molar-refractivity contribution in [3.8, 4) is 11.5 Å². The van der Waals surface area contributed by atoms with Gasteiger partial charge in [-0.25, -0.2) is 4.39 Å². The van der Waals surface area contributed by atoms with Crippen LogP contribution in [-0.4, -0.2) is 12.2 Å². The lowest BCUT2D eigenvalue weighted by molar-refractivity contribution is 0.399. The molecule has 0 aliphatic carbocycles. The number of nitrogens with one attached hydrogen (secondary N) is 1. The van der Waals surface area contributed by atoms with Gasteiger partial charge in [-0.1, -0.05) is 12.1 Å². The van der Waals surface area contributed by atoms with Crippen molar-refractivity contribution in [2.24, 2.45) is 0 Å². The maximum atomic E-state index is 13.4. The van der Waals surface area contributed by atoms with Crippen molar-refractivity contribution < 1.29 is 14.2 Å². The number of aromatic hydroxyl groups is 1. The number of halogens is 2. The molecule has 0 aliphatic rings. The van der Waals surface area contributed by atoms with E-state index in [1.807, 2.05) is 19.1 Å². The van der Waals surface area contributed by atoms with Crippen LogP contribution in [0.3, 0.4) is 0 Å². The van der Waals surface area contributed by atoms with Crippen LogP contribution < -0.4 is 10.1 Å². The second kappa shape index (κ2) is 6.91. The molecule has 2 aromatic rings. The van der Waals surface area contributed by atoms with Crippen molar-refractivity contribution in [1.29, 1.82) is 0 Å². The standard InChI is InChI=1S/C16H17BrFNO2/c1-10(13-8-12(18)6-7-15(13)21-2)19-9-11-4-3-5-14(17)16(11)20/h3-8,10,19-20H,9H2,1-2H3. The molecule has 0 radical (unpaired) electrons. The molecule has 21 heavy (non-hydrogen) atoms. The summed E-state index contributed by atoms with van der Waals surface area (Å²) in [4.78, 5) is 0. The Labute approximate surface area is 131 Å².